The fraction of sp³-hybridized carbons (Fsp3) is 0.800. The van der Waals surface area contributed by atoms with Crippen LogP contribution in [0.25, 0.3) is 0 Å². The minimum Gasteiger partial charge on any atom is -0.352 e. The van der Waals surface area contributed by atoms with Gasteiger partial charge in [-0.1, -0.05) is 13.8 Å². The average molecular weight is 347 g/mol. The molecule has 4 aliphatic heterocycles. The molecule has 1 saturated carbocycles. The summed E-state index contributed by atoms with van der Waals surface area (Å²) in [6.45, 7) is 6.64. The van der Waals surface area contributed by atoms with E-state index < -0.39 is 11.4 Å². The lowest BCUT2D eigenvalue weighted by Gasteiger charge is -2.60. The van der Waals surface area contributed by atoms with Crippen LogP contribution in [0.2, 0.25) is 0 Å². The lowest BCUT2D eigenvalue weighted by atomic mass is 9.57. The van der Waals surface area contributed by atoms with Crippen molar-refractivity contribution in [2.75, 3.05) is 0 Å². The van der Waals surface area contributed by atoms with Crippen molar-refractivity contribution in [2.45, 2.75) is 70.2 Å². The van der Waals surface area contributed by atoms with Crippen LogP contribution in [0.3, 0.4) is 0 Å². The summed E-state index contributed by atoms with van der Waals surface area (Å²) in [6, 6.07) is 4.25. The highest BCUT2D eigenvalue weighted by molar-refractivity contribution is 5.17. The van der Waals surface area contributed by atoms with E-state index >= 15 is 0 Å². The van der Waals surface area contributed by atoms with Crippen LogP contribution >= 0.6 is 0 Å². The van der Waals surface area contributed by atoms with E-state index in [1.807, 2.05) is 6.92 Å². The average Bonchev–Trinajstić information content (AvgIpc) is 2.87. The molecule has 5 aliphatic rings. The number of rotatable bonds is 1. The standard InChI is InChI=1S/C20H29NO4/c1-12-7-8-15-13(2)17(16-6-5-11-21(16)4)22-18-20(15)14(12)9-10-19(3,23-18)24-25-20/h5-6,11-15,17-18H,7-10H2,1-4H3/t12-,13-,14+,15+,17?,18-,19?,20-/m1/s1. The van der Waals surface area contributed by atoms with E-state index in [9.17, 15) is 0 Å². The molecule has 5 fully saturated rings. The topological polar surface area (TPSA) is 41.9 Å². The zero-order valence-corrected chi connectivity index (χ0v) is 15.6. The summed E-state index contributed by atoms with van der Waals surface area (Å²) in [7, 11) is 2.09. The highest BCUT2D eigenvalue weighted by atomic mass is 17.3. The molecule has 0 N–H and O–H groups in total. The van der Waals surface area contributed by atoms with Crippen molar-refractivity contribution in [1.82, 2.24) is 4.57 Å². The number of nitrogens with zero attached hydrogens (tertiary/aromatic N) is 1. The van der Waals surface area contributed by atoms with Crippen LogP contribution in [-0.2, 0) is 26.3 Å². The highest BCUT2D eigenvalue weighted by Crippen LogP contribution is 2.62. The van der Waals surface area contributed by atoms with Gasteiger partial charge in [-0.15, -0.1) is 0 Å². The first kappa shape index (κ1) is 16.3. The van der Waals surface area contributed by atoms with Crippen molar-refractivity contribution >= 4 is 0 Å². The van der Waals surface area contributed by atoms with Crippen LogP contribution in [0.4, 0.5) is 0 Å². The molecule has 5 heterocycles. The number of hydrogen-bond acceptors (Lipinski definition) is 4. The lowest BCUT2D eigenvalue weighted by Crippen LogP contribution is -2.69. The van der Waals surface area contributed by atoms with Crippen LogP contribution in [-0.4, -0.2) is 22.2 Å². The maximum atomic E-state index is 6.63. The monoisotopic (exact) mass is 347 g/mol. The maximum Gasteiger partial charge on any atom is 0.201 e. The van der Waals surface area contributed by atoms with Crippen molar-refractivity contribution in [3.63, 3.8) is 0 Å². The molecule has 1 aliphatic carbocycles. The van der Waals surface area contributed by atoms with Gasteiger partial charge in [-0.2, -0.15) is 0 Å². The molecular weight excluding hydrogens is 318 g/mol. The van der Waals surface area contributed by atoms with E-state index in [2.05, 4.69) is 43.8 Å². The fourth-order valence-electron chi connectivity index (χ4n) is 6.01. The summed E-state index contributed by atoms with van der Waals surface area (Å²) in [6.07, 6.45) is 6.08. The van der Waals surface area contributed by atoms with E-state index in [1.165, 1.54) is 12.1 Å². The number of aromatic nitrogens is 1. The largest absolute Gasteiger partial charge is 0.352 e. The molecule has 1 aromatic rings. The van der Waals surface area contributed by atoms with Gasteiger partial charge in [0.25, 0.3) is 0 Å². The third-order valence-electron chi connectivity index (χ3n) is 7.43. The van der Waals surface area contributed by atoms with Gasteiger partial charge in [-0.05, 0) is 56.1 Å². The summed E-state index contributed by atoms with van der Waals surface area (Å²) in [5.41, 5.74) is 0.752. The zero-order valence-electron chi connectivity index (χ0n) is 15.6. The van der Waals surface area contributed by atoms with Gasteiger partial charge in [0.15, 0.2) is 11.9 Å². The minimum atomic E-state index is -0.698. The molecule has 1 spiro atoms. The molecule has 5 heteroatoms. The van der Waals surface area contributed by atoms with Gasteiger partial charge in [0.1, 0.15) is 6.10 Å². The number of aryl methyl sites for hydroxylation is 1. The molecule has 8 atom stereocenters. The molecule has 6 rings (SSSR count). The van der Waals surface area contributed by atoms with Gasteiger partial charge < -0.3 is 14.0 Å². The molecule has 4 saturated heterocycles. The molecule has 25 heavy (non-hydrogen) atoms. The van der Waals surface area contributed by atoms with Crippen LogP contribution in [0, 0.1) is 23.7 Å². The van der Waals surface area contributed by atoms with Crippen LogP contribution in [0.1, 0.15) is 58.3 Å². The van der Waals surface area contributed by atoms with E-state index in [0.717, 1.165) is 19.3 Å². The molecule has 5 nitrogen and oxygen atoms in total. The molecular formula is C20H29NO4. The van der Waals surface area contributed by atoms with Gasteiger partial charge in [-0.25, -0.2) is 9.78 Å². The molecule has 138 valence electrons. The third-order valence-corrected chi connectivity index (χ3v) is 7.43. The first-order valence-electron chi connectivity index (χ1n) is 9.76. The van der Waals surface area contributed by atoms with Gasteiger partial charge >= 0.3 is 0 Å². The van der Waals surface area contributed by atoms with E-state index in [-0.39, 0.29) is 12.4 Å². The first-order chi connectivity index (χ1) is 11.9. The van der Waals surface area contributed by atoms with Gasteiger partial charge in [0.05, 0.1) is 0 Å². The summed E-state index contributed by atoms with van der Waals surface area (Å²) >= 11 is 0. The Morgan fingerprint density at radius 2 is 1.96 bits per heavy atom. The second-order valence-corrected chi connectivity index (χ2v) is 8.87. The number of ether oxygens (including phenoxy) is 2. The molecule has 1 aromatic heterocycles. The molecule has 0 amide bonds. The van der Waals surface area contributed by atoms with E-state index in [0.29, 0.717) is 23.7 Å². The van der Waals surface area contributed by atoms with Crippen LogP contribution < -0.4 is 0 Å². The van der Waals surface area contributed by atoms with Crippen LogP contribution in [0.15, 0.2) is 18.3 Å². The van der Waals surface area contributed by atoms with E-state index in [1.54, 1.807) is 0 Å². The van der Waals surface area contributed by atoms with Crippen molar-refractivity contribution in [2.24, 2.45) is 30.7 Å². The SMILES string of the molecule is C[C@@H]1CC[C@H]2[C@@H](C)C(c3cccn3C)O[C@@H]3OC4(C)CC[C@@H]1[C@]32OO4. The smallest absolute Gasteiger partial charge is 0.201 e. The lowest BCUT2D eigenvalue weighted by molar-refractivity contribution is -0.571. The minimum absolute atomic E-state index is 0.0289. The molecule has 0 radical (unpaired) electrons. The summed E-state index contributed by atoms with van der Waals surface area (Å²) in [5, 5.41) is 0. The normalized spacial score (nSPS) is 51.8. The number of fused-ring (bicyclic) bond motifs is 2. The second kappa shape index (κ2) is 5.32. The third kappa shape index (κ3) is 2.10. The predicted molar refractivity (Wildman–Crippen MR) is 91.2 cm³/mol. The summed E-state index contributed by atoms with van der Waals surface area (Å²) in [5.74, 6) is 1.08. The van der Waals surface area contributed by atoms with Crippen molar-refractivity contribution < 1.29 is 19.2 Å². The van der Waals surface area contributed by atoms with Gasteiger partial charge in [0, 0.05) is 31.3 Å². The Kier molecular flexibility index (Phi) is 3.47. The van der Waals surface area contributed by atoms with Gasteiger partial charge in [-0.3, -0.25) is 0 Å². The highest BCUT2D eigenvalue weighted by Gasteiger charge is 2.69. The number of hydrogen-bond donors (Lipinski definition) is 0. The van der Waals surface area contributed by atoms with Crippen LogP contribution in [0.5, 0.6) is 0 Å². The first-order valence-corrected chi connectivity index (χ1v) is 9.76. The quantitative estimate of drug-likeness (QED) is 0.722. The molecule has 0 aromatic carbocycles. The van der Waals surface area contributed by atoms with Crippen molar-refractivity contribution in [1.29, 1.82) is 0 Å². The van der Waals surface area contributed by atoms with Gasteiger partial charge in [0.2, 0.25) is 5.79 Å². The predicted octanol–water partition coefficient (Wildman–Crippen LogP) is 3.95. The second-order valence-electron chi connectivity index (χ2n) is 8.87. The Morgan fingerprint density at radius 1 is 1.12 bits per heavy atom. The molecule has 2 bridgehead atoms. The summed E-state index contributed by atoms with van der Waals surface area (Å²) < 4.78 is 15.2. The Bertz CT molecular complexity index is 674. The Morgan fingerprint density at radius 3 is 2.72 bits per heavy atom. The maximum absolute atomic E-state index is 6.63. The Labute approximate surface area is 149 Å². The summed E-state index contributed by atoms with van der Waals surface area (Å²) in [4.78, 5) is 12.1. The molecule has 2 unspecified atom stereocenters. The van der Waals surface area contributed by atoms with E-state index in [4.69, 9.17) is 19.2 Å². The van der Waals surface area contributed by atoms with Crippen molar-refractivity contribution in [3.05, 3.63) is 24.0 Å². The van der Waals surface area contributed by atoms with Crippen molar-refractivity contribution in [3.8, 4) is 0 Å². The fourth-order valence-corrected chi connectivity index (χ4v) is 6.01. The Balaban J connectivity index is 1.60. The zero-order chi connectivity index (χ0) is 17.4. The Hall–Kier alpha value is -0.880.